The Hall–Kier alpha value is -0.863. The summed E-state index contributed by atoms with van der Waals surface area (Å²) in [6.45, 7) is 0. The molecular formula is C10H10SSi. The molecule has 0 bridgehead atoms. The van der Waals surface area contributed by atoms with E-state index < -0.39 is 0 Å². The van der Waals surface area contributed by atoms with E-state index in [4.69, 9.17) is 0 Å². The summed E-state index contributed by atoms with van der Waals surface area (Å²) in [5.41, 5.74) is 0. The van der Waals surface area contributed by atoms with Gasteiger partial charge in [0.2, 0.25) is 0 Å². The molecule has 1 heterocycles. The summed E-state index contributed by atoms with van der Waals surface area (Å²) in [6.07, 6.45) is 0. The van der Waals surface area contributed by atoms with Gasteiger partial charge in [-0.2, -0.15) is 11.3 Å². The summed E-state index contributed by atoms with van der Waals surface area (Å²) < 4.78 is 1.57. The van der Waals surface area contributed by atoms with Gasteiger partial charge in [0.25, 0.3) is 0 Å². The molecule has 1 aromatic heterocycles. The van der Waals surface area contributed by atoms with Crippen LogP contribution in [0.1, 0.15) is 0 Å². The average Bonchev–Trinajstić information content (AvgIpc) is 2.59. The Bertz CT molecular complexity index is 326. The van der Waals surface area contributed by atoms with Crippen LogP contribution in [-0.4, -0.2) is 9.52 Å². The van der Waals surface area contributed by atoms with Crippen LogP contribution in [0.3, 0.4) is 0 Å². The van der Waals surface area contributed by atoms with Crippen molar-refractivity contribution >= 4 is 30.5 Å². The minimum atomic E-state index is -0.173. The van der Waals surface area contributed by atoms with Crippen LogP contribution in [0.4, 0.5) is 0 Å². The van der Waals surface area contributed by atoms with Crippen molar-refractivity contribution in [3.8, 4) is 0 Å². The Balaban J connectivity index is 2.15. The van der Waals surface area contributed by atoms with Gasteiger partial charge in [-0.05, 0) is 9.88 Å². The van der Waals surface area contributed by atoms with Crippen molar-refractivity contribution in [1.29, 1.82) is 0 Å². The van der Waals surface area contributed by atoms with Crippen molar-refractivity contribution in [3.63, 3.8) is 0 Å². The Morgan fingerprint density at radius 3 is 2.42 bits per heavy atom. The SMILES string of the molecule is c1ccc([SiH2]c2cccs2)cc1. The van der Waals surface area contributed by atoms with Crippen LogP contribution in [0.15, 0.2) is 47.8 Å². The van der Waals surface area contributed by atoms with Crippen LogP contribution in [-0.2, 0) is 0 Å². The fourth-order valence-electron chi connectivity index (χ4n) is 1.21. The number of hydrogen-bond acceptors (Lipinski definition) is 1. The van der Waals surface area contributed by atoms with Crippen molar-refractivity contribution in [2.45, 2.75) is 0 Å². The van der Waals surface area contributed by atoms with E-state index in [1.807, 2.05) is 11.3 Å². The monoisotopic (exact) mass is 190 g/mol. The van der Waals surface area contributed by atoms with Gasteiger partial charge in [0.15, 0.2) is 0 Å². The molecule has 0 fully saturated rings. The molecule has 1 aromatic carbocycles. The molecule has 0 saturated heterocycles. The van der Waals surface area contributed by atoms with Crippen molar-refractivity contribution < 1.29 is 0 Å². The molecule has 0 spiro atoms. The van der Waals surface area contributed by atoms with E-state index in [9.17, 15) is 0 Å². The normalized spacial score (nSPS) is 11.0. The number of rotatable bonds is 2. The molecule has 0 amide bonds. The van der Waals surface area contributed by atoms with E-state index in [1.165, 1.54) is 5.19 Å². The third-order valence-electron chi connectivity index (χ3n) is 1.80. The van der Waals surface area contributed by atoms with Gasteiger partial charge in [-0.3, -0.25) is 0 Å². The van der Waals surface area contributed by atoms with Crippen molar-refractivity contribution in [2.75, 3.05) is 0 Å². The van der Waals surface area contributed by atoms with Gasteiger partial charge in [-0.1, -0.05) is 47.7 Å². The minimum absolute atomic E-state index is 0.173. The number of thiophene rings is 1. The fourth-order valence-corrected chi connectivity index (χ4v) is 3.99. The second-order valence-electron chi connectivity index (χ2n) is 2.74. The molecule has 0 aliphatic rings. The highest BCUT2D eigenvalue weighted by molar-refractivity contribution is 7.20. The molecule has 0 aliphatic carbocycles. The lowest BCUT2D eigenvalue weighted by Gasteiger charge is -1.95. The number of hydrogen-bond donors (Lipinski definition) is 0. The van der Waals surface area contributed by atoms with Crippen molar-refractivity contribution in [2.24, 2.45) is 0 Å². The molecule has 12 heavy (non-hydrogen) atoms. The van der Waals surface area contributed by atoms with Gasteiger partial charge in [0.1, 0.15) is 9.52 Å². The van der Waals surface area contributed by atoms with Gasteiger partial charge < -0.3 is 0 Å². The fraction of sp³-hybridized carbons (Fsp3) is 0. The van der Waals surface area contributed by atoms with Crippen LogP contribution in [0.25, 0.3) is 0 Å². The molecule has 60 valence electrons. The third-order valence-corrected chi connectivity index (χ3v) is 4.93. The Kier molecular flexibility index (Phi) is 2.39. The summed E-state index contributed by atoms with van der Waals surface area (Å²) in [5.74, 6) is 0. The van der Waals surface area contributed by atoms with E-state index in [1.54, 1.807) is 4.50 Å². The summed E-state index contributed by atoms with van der Waals surface area (Å²) in [6, 6.07) is 15.1. The molecule has 0 atom stereocenters. The summed E-state index contributed by atoms with van der Waals surface area (Å²) in [4.78, 5) is 0. The molecule has 0 aliphatic heterocycles. The second kappa shape index (κ2) is 3.69. The largest absolute Gasteiger partial charge is 0.154 e. The average molecular weight is 190 g/mol. The first kappa shape index (κ1) is 7.77. The molecule has 2 aromatic rings. The number of benzene rings is 1. The second-order valence-corrected chi connectivity index (χ2v) is 6.22. The van der Waals surface area contributed by atoms with Gasteiger partial charge >= 0.3 is 0 Å². The smallest absolute Gasteiger partial charge is 0.100 e. The molecule has 0 nitrogen and oxygen atoms in total. The highest BCUT2D eigenvalue weighted by Gasteiger charge is 1.95. The molecule has 0 saturated carbocycles. The zero-order valence-corrected chi connectivity index (χ0v) is 8.96. The predicted octanol–water partition coefficient (Wildman–Crippen LogP) is 0.868. The first-order valence-electron chi connectivity index (χ1n) is 4.01. The zero-order chi connectivity index (χ0) is 8.23. The molecule has 0 unspecified atom stereocenters. The topological polar surface area (TPSA) is 0 Å². The minimum Gasteiger partial charge on any atom is -0.154 e. The highest BCUT2D eigenvalue weighted by atomic mass is 32.1. The van der Waals surface area contributed by atoms with Crippen LogP contribution < -0.4 is 9.69 Å². The lowest BCUT2D eigenvalue weighted by Crippen LogP contribution is -2.23. The summed E-state index contributed by atoms with van der Waals surface area (Å²) in [7, 11) is -0.173. The zero-order valence-electron chi connectivity index (χ0n) is 6.73. The molecule has 2 heteroatoms. The molecule has 0 N–H and O–H groups in total. The summed E-state index contributed by atoms with van der Waals surface area (Å²) in [5, 5.41) is 3.69. The van der Waals surface area contributed by atoms with Gasteiger partial charge in [0.05, 0.1) is 0 Å². The van der Waals surface area contributed by atoms with Gasteiger partial charge in [0, 0.05) is 0 Å². The van der Waals surface area contributed by atoms with Crippen LogP contribution in [0.5, 0.6) is 0 Å². The maximum absolute atomic E-state index is 2.24. The van der Waals surface area contributed by atoms with Crippen LogP contribution in [0.2, 0.25) is 0 Å². The van der Waals surface area contributed by atoms with Crippen LogP contribution in [0, 0.1) is 0 Å². The molecular weight excluding hydrogens is 180 g/mol. The van der Waals surface area contributed by atoms with Crippen molar-refractivity contribution in [1.82, 2.24) is 0 Å². The van der Waals surface area contributed by atoms with Gasteiger partial charge in [-0.25, -0.2) is 0 Å². The maximum atomic E-state index is 2.24. The van der Waals surface area contributed by atoms with Crippen LogP contribution >= 0.6 is 11.3 Å². The van der Waals surface area contributed by atoms with E-state index in [0.717, 1.165) is 0 Å². The molecule has 0 radical (unpaired) electrons. The van der Waals surface area contributed by atoms with E-state index in [0.29, 0.717) is 0 Å². The van der Waals surface area contributed by atoms with E-state index in [-0.39, 0.29) is 9.52 Å². The lowest BCUT2D eigenvalue weighted by atomic mass is 10.4. The van der Waals surface area contributed by atoms with Gasteiger partial charge in [-0.15, -0.1) is 0 Å². The quantitative estimate of drug-likeness (QED) is 0.616. The lowest BCUT2D eigenvalue weighted by molar-refractivity contribution is 1.77. The first-order valence-corrected chi connectivity index (χ1v) is 6.31. The van der Waals surface area contributed by atoms with E-state index in [2.05, 4.69) is 47.8 Å². The third kappa shape index (κ3) is 1.84. The Labute approximate surface area is 78.7 Å². The first-order chi connectivity index (χ1) is 5.95. The maximum Gasteiger partial charge on any atom is 0.100 e. The predicted molar refractivity (Wildman–Crippen MR) is 58.6 cm³/mol. The summed E-state index contributed by atoms with van der Waals surface area (Å²) >= 11 is 1.88. The van der Waals surface area contributed by atoms with E-state index >= 15 is 0 Å². The van der Waals surface area contributed by atoms with Crippen molar-refractivity contribution in [3.05, 3.63) is 47.8 Å². The highest BCUT2D eigenvalue weighted by Crippen LogP contribution is 1.91. The Morgan fingerprint density at radius 2 is 1.75 bits per heavy atom. The Morgan fingerprint density at radius 1 is 0.917 bits per heavy atom. The standard InChI is InChI=1S/C10H10SSi/c1-2-5-9(6-3-1)12-10-7-4-8-11-10/h1-8H,12H2. The molecule has 2 rings (SSSR count).